The second-order valence-electron chi connectivity index (χ2n) is 8.74. The maximum atomic E-state index is 13.0. The first-order valence-corrected chi connectivity index (χ1v) is 12.8. The standard InChI is InChI=1S/C24H32N6OS2/c1-17-6-4-7-20(16-17)29-13-11-28(12-14-29)10-9-18(2)25-23(31)19(3)30-22(26-27-24(30)32)21-8-5-15-33-21/h4-8,15-16,18-19H,9-14H2,1-3H3,(H,25,31)(H,27,32). The highest BCUT2D eigenvalue weighted by atomic mass is 32.1. The van der Waals surface area contributed by atoms with Crippen LogP contribution in [0.4, 0.5) is 5.69 Å². The van der Waals surface area contributed by atoms with Crippen LogP contribution >= 0.6 is 23.6 Å². The van der Waals surface area contributed by atoms with Gasteiger partial charge in [0.15, 0.2) is 10.6 Å². The van der Waals surface area contributed by atoms with Crippen molar-refractivity contribution in [1.29, 1.82) is 0 Å². The van der Waals surface area contributed by atoms with Gasteiger partial charge in [-0.25, -0.2) is 0 Å². The molecule has 2 aromatic heterocycles. The predicted octanol–water partition coefficient (Wildman–Crippen LogP) is 4.26. The van der Waals surface area contributed by atoms with Gasteiger partial charge in [0.1, 0.15) is 6.04 Å². The Morgan fingerprint density at radius 1 is 1.21 bits per heavy atom. The van der Waals surface area contributed by atoms with Crippen LogP contribution < -0.4 is 10.2 Å². The molecule has 0 spiro atoms. The fraction of sp³-hybridized carbons (Fsp3) is 0.458. The third-order valence-corrected chi connectivity index (χ3v) is 7.37. The fourth-order valence-electron chi connectivity index (χ4n) is 4.23. The average molecular weight is 485 g/mol. The number of aromatic amines is 1. The smallest absolute Gasteiger partial charge is 0.243 e. The normalized spacial score (nSPS) is 16.5. The number of rotatable bonds is 8. The van der Waals surface area contributed by atoms with Crippen molar-refractivity contribution < 1.29 is 4.79 Å². The molecular weight excluding hydrogens is 452 g/mol. The van der Waals surface area contributed by atoms with E-state index in [9.17, 15) is 4.79 Å². The van der Waals surface area contributed by atoms with Crippen molar-refractivity contribution in [2.75, 3.05) is 37.6 Å². The molecule has 7 nitrogen and oxygen atoms in total. The minimum Gasteiger partial charge on any atom is -0.369 e. The SMILES string of the molecule is Cc1cccc(N2CCN(CCC(C)NC(=O)C(C)n3c(-c4cccs4)n[nH]c3=S)CC2)c1. The topological polar surface area (TPSA) is 69.2 Å². The van der Waals surface area contributed by atoms with Crippen LogP contribution in [0.25, 0.3) is 10.7 Å². The number of hydrogen-bond acceptors (Lipinski definition) is 6. The quantitative estimate of drug-likeness (QED) is 0.468. The molecule has 1 aliphatic heterocycles. The summed E-state index contributed by atoms with van der Waals surface area (Å²) in [6.07, 6.45) is 0.914. The maximum absolute atomic E-state index is 13.0. The molecule has 3 aromatic rings. The molecule has 1 aliphatic rings. The lowest BCUT2D eigenvalue weighted by atomic mass is 10.1. The number of hydrogen-bond donors (Lipinski definition) is 2. The number of H-pyrrole nitrogens is 1. The lowest BCUT2D eigenvalue weighted by Crippen LogP contribution is -2.48. The van der Waals surface area contributed by atoms with Crippen molar-refractivity contribution >= 4 is 35.1 Å². The number of nitrogens with one attached hydrogen (secondary N) is 2. The summed E-state index contributed by atoms with van der Waals surface area (Å²) in [5.74, 6) is 0.666. The van der Waals surface area contributed by atoms with Crippen LogP contribution in [0, 0.1) is 11.7 Å². The molecular formula is C24H32N6OS2. The number of aromatic nitrogens is 3. The molecule has 4 rings (SSSR count). The summed E-state index contributed by atoms with van der Waals surface area (Å²) in [5, 5.41) is 12.3. The number of benzene rings is 1. The molecule has 0 radical (unpaired) electrons. The minimum atomic E-state index is -0.436. The molecule has 0 aliphatic carbocycles. The highest BCUT2D eigenvalue weighted by Gasteiger charge is 2.23. The van der Waals surface area contributed by atoms with Gasteiger partial charge in [-0.05, 0) is 68.6 Å². The Hall–Kier alpha value is -2.49. The summed E-state index contributed by atoms with van der Waals surface area (Å²) in [6.45, 7) is 11.2. The molecule has 1 amide bonds. The van der Waals surface area contributed by atoms with Crippen molar-refractivity contribution in [2.45, 2.75) is 39.3 Å². The van der Waals surface area contributed by atoms with E-state index >= 15 is 0 Å². The lowest BCUT2D eigenvalue weighted by molar-refractivity contribution is -0.124. The summed E-state index contributed by atoms with van der Waals surface area (Å²) in [6, 6.07) is 12.3. The van der Waals surface area contributed by atoms with E-state index in [2.05, 4.69) is 63.4 Å². The second-order valence-corrected chi connectivity index (χ2v) is 10.1. The van der Waals surface area contributed by atoms with Crippen molar-refractivity contribution in [3.05, 3.63) is 52.1 Å². The van der Waals surface area contributed by atoms with Crippen molar-refractivity contribution in [2.24, 2.45) is 0 Å². The van der Waals surface area contributed by atoms with E-state index in [1.54, 1.807) is 15.9 Å². The van der Waals surface area contributed by atoms with E-state index in [1.807, 2.05) is 24.4 Å². The predicted molar refractivity (Wildman–Crippen MR) is 137 cm³/mol. The van der Waals surface area contributed by atoms with E-state index in [-0.39, 0.29) is 11.9 Å². The first-order valence-electron chi connectivity index (χ1n) is 11.5. The van der Waals surface area contributed by atoms with Crippen LogP contribution in [0.15, 0.2) is 41.8 Å². The average Bonchev–Trinajstić information content (AvgIpc) is 3.47. The molecule has 176 valence electrons. The number of amides is 1. The lowest BCUT2D eigenvalue weighted by Gasteiger charge is -2.36. The van der Waals surface area contributed by atoms with Crippen molar-refractivity contribution in [3.63, 3.8) is 0 Å². The van der Waals surface area contributed by atoms with E-state index in [0.29, 0.717) is 10.6 Å². The van der Waals surface area contributed by atoms with Gasteiger partial charge in [0, 0.05) is 44.5 Å². The highest BCUT2D eigenvalue weighted by molar-refractivity contribution is 7.71. The Morgan fingerprint density at radius 3 is 2.70 bits per heavy atom. The van der Waals surface area contributed by atoms with E-state index < -0.39 is 6.04 Å². The largest absolute Gasteiger partial charge is 0.369 e. The van der Waals surface area contributed by atoms with Crippen LogP contribution in [-0.4, -0.2) is 64.3 Å². The zero-order valence-electron chi connectivity index (χ0n) is 19.5. The van der Waals surface area contributed by atoms with Gasteiger partial charge in [-0.15, -0.1) is 11.3 Å². The molecule has 2 unspecified atom stereocenters. The number of carbonyl (C=O) groups is 1. The minimum absolute atomic E-state index is 0.0397. The summed E-state index contributed by atoms with van der Waals surface area (Å²) in [5.41, 5.74) is 2.61. The molecule has 1 aromatic carbocycles. The fourth-order valence-corrected chi connectivity index (χ4v) is 5.23. The van der Waals surface area contributed by atoms with Crippen molar-refractivity contribution in [1.82, 2.24) is 25.0 Å². The zero-order chi connectivity index (χ0) is 23.4. The third-order valence-electron chi connectivity index (χ3n) is 6.22. The van der Waals surface area contributed by atoms with E-state index in [4.69, 9.17) is 12.2 Å². The van der Waals surface area contributed by atoms with Crippen LogP contribution in [0.3, 0.4) is 0 Å². The number of anilines is 1. The number of piperazine rings is 1. The second kappa shape index (κ2) is 10.6. The van der Waals surface area contributed by atoms with Crippen molar-refractivity contribution in [3.8, 4) is 10.7 Å². The Balaban J connectivity index is 1.26. The Morgan fingerprint density at radius 2 is 2.00 bits per heavy atom. The molecule has 0 saturated carbocycles. The van der Waals surface area contributed by atoms with E-state index in [0.717, 1.165) is 44.0 Å². The van der Waals surface area contributed by atoms with Gasteiger partial charge >= 0.3 is 0 Å². The van der Waals surface area contributed by atoms with Crippen LogP contribution in [0.1, 0.15) is 31.9 Å². The summed E-state index contributed by atoms with van der Waals surface area (Å²) < 4.78 is 2.26. The van der Waals surface area contributed by atoms with Crippen LogP contribution in [-0.2, 0) is 4.79 Å². The Bertz CT molecular complexity index is 1110. The number of thiophene rings is 1. The molecule has 9 heteroatoms. The monoisotopic (exact) mass is 484 g/mol. The summed E-state index contributed by atoms with van der Waals surface area (Å²) in [4.78, 5) is 18.9. The third kappa shape index (κ3) is 5.72. The summed E-state index contributed by atoms with van der Waals surface area (Å²) >= 11 is 6.98. The molecule has 33 heavy (non-hydrogen) atoms. The molecule has 1 fully saturated rings. The molecule has 2 N–H and O–H groups in total. The zero-order valence-corrected chi connectivity index (χ0v) is 21.1. The number of nitrogens with zero attached hydrogens (tertiary/aromatic N) is 4. The van der Waals surface area contributed by atoms with Gasteiger partial charge in [0.25, 0.3) is 0 Å². The molecule has 0 bridgehead atoms. The molecule has 2 atom stereocenters. The van der Waals surface area contributed by atoms with Gasteiger partial charge in [-0.1, -0.05) is 18.2 Å². The van der Waals surface area contributed by atoms with Gasteiger partial charge in [0.2, 0.25) is 5.91 Å². The Kier molecular flexibility index (Phi) is 7.62. The number of aryl methyl sites for hydroxylation is 1. The van der Waals surface area contributed by atoms with Crippen LogP contribution in [0.2, 0.25) is 0 Å². The highest BCUT2D eigenvalue weighted by Crippen LogP contribution is 2.25. The van der Waals surface area contributed by atoms with E-state index in [1.165, 1.54) is 11.3 Å². The summed E-state index contributed by atoms with van der Waals surface area (Å²) in [7, 11) is 0. The van der Waals surface area contributed by atoms with Crippen LogP contribution in [0.5, 0.6) is 0 Å². The van der Waals surface area contributed by atoms with Gasteiger partial charge in [0.05, 0.1) is 4.88 Å². The maximum Gasteiger partial charge on any atom is 0.243 e. The van der Waals surface area contributed by atoms with Gasteiger partial charge < -0.3 is 10.2 Å². The number of carbonyl (C=O) groups excluding carboxylic acids is 1. The van der Waals surface area contributed by atoms with Gasteiger partial charge in [-0.2, -0.15) is 5.10 Å². The Labute approximate surface area is 204 Å². The van der Waals surface area contributed by atoms with Gasteiger partial charge in [-0.3, -0.25) is 19.4 Å². The first kappa shape index (κ1) is 23.7. The first-order chi connectivity index (χ1) is 15.9. The molecule has 1 saturated heterocycles. The molecule has 3 heterocycles.